The maximum atomic E-state index is 5.54. The van der Waals surface area contributed by atoms with E-state index in [9.17, 15) is 0 Å². The van der Waals surface area contributed by atoms with Crippen LogP contribution in [0.25, 0.3) is 0 Å². The Hall–Kier alpha value is -2.76. The highest BCUT2D eigenvalue weighted by Gasteiger charge is 2.18. The van der Waals surface area contributed by atoms with Crippen molar-refractivity contribution in [3.8, 4) is 0 Å². The zero-order valence-corrected chi connectivity index (χ0v) is 17.3. The number of hydrogen-bond donors (Lipinski definition) is 0. The van der Waals surface area contributed by atoms with Crippen molar-refractivity contribution >= 4 is 11.4 Å². The van der Waals surface area contributed by atoms with E-state index in [0.717, 1.165) is 79.1 Å². The van der Waals surface area contributed by atoms with E-state index in [2.05, 4.69) is 44.5 Å². The van der Waals surface area contributed by atoms with Crippen molar-refractivity contribution < 1.29 is 9.68 Å². The van der Waals surface area contributed by atoms with Gasteiger partial charge in [0, 0.05) is 17.8 Å². The minimum absolute atomic E-state index is 0.503. The molecule has 0 amide bonds. The van der Waals surface area contributed by atoms with Crippen LogP contribution >= 0.6 is 0 Å². The summed E-state index contributed by atoms with van der Waals surface area (Å²) in [5.74, 6) is 0. The van der Waals surface area contributed by atoms with Crippen LogP contribution < -0.4 is 0 Å². The van der Waals surface area contributed by atoms with E-state index in [1.807, 2.05) is 13.8 Å². The summed E-state index contributed by atoms with van der Waals surface area (Å²) < 4.78 is 0. The summed E-state index contributed by atoms with van der Waals surface area (Å²) in [4.78, 5) is 20.4. The van der Waals surface area contributed by atoms with Crippen LogP contribution in [0.4, 0.5) is 0 Å². The average Bonchev–Trinajstić information content (AvgIpc) is 2.73. The van der Waals surface area contributed by atoms with Crippen LogP contribution in [0, 0.1) is 13.8 Å². The van der Waals surface area contributed by atoms with Gasteiger partial charge in [-0.05, 0) is 75.6 Å². The predicted molar refractivity (Wildman–Crippen MR) is 113 cm³/mol. The van der Waals surface area contributed by atoms with Crippen molar-refractivity contribution in [3.05, 3.63) is 58.2 Å². The number of hydrogen-bond acceptors (Lipinski definition) is 6. The van der Waals surface area contributed by atoms with Gasteiger partial charge in [-0.15, -0.1) is 0 Å². The summed E-state index contributed by atoms with van der Waals surface area (Å²) in [6.45, 7) is 5.02. The minimum atomic E-state index is 0.503. The van der Waals surface area contributed by atoms with Gasteiger partial charge in [0.2, 0.25) is 0 Å². The highest BCUT2D eigenvalue weighted by Crippen LogP contribution is 2.21. The molecule has 152 valence electrons. The third-order valence-electron chi connectivity index (χ3n) is 5.32. The van der Waals surface area contributed by atoms with Crippen molar-refractivity contribution in [1.29, 1.82) is 0 Å². The van der Waals surface area contributed by atoms with Gasteiger partial charge >= 0.3 is 0 Å². The fourth-order valence-corrected chi connectivity index (χ4v) is 3.82. The maximum Gasteiger partial charge on any atom is 0.120 e. The zero-order chi connectivity index (χ0) is 20.1. The number of nitrogens with zero attached hydrogens (tertiary/aromatic N) is 4. The molecule has 0 fully saturated rings. The monoisotopic (exact) mass is 392 g/mol. The highest BCUT2D eigenvalue weighted by atomic mass is 16.6. The van der Waals surface area contributed by atoms with E-state index in [4.69, 9.17) is 9.68 Å². The molecule has 0 aromatic carbocycles. The van der Waals surface area contributed by atoms with Crippen molar-refractivity contribution in [2.24, 2.45) is 10.3 Å². The summed E-state index contributed by atoms with van der Waals surface area (Å²) in [5, 5.41) is 8.69. The van der Waals surface area contributed by atoms with Crippen LogP contribution in [-0.4, -0.2) is 34.6 Å². The van der Waals surface area contributed by atoms with E-state index >= 15 is 0 Å². The third-order valence-corrected chi connectivity index (χ3v) is 5.32. The van der Waals surface area contributed by atoms with Crippen LogP contribution in [-0.2, 0) is 22.5 Å². The maximum absolute atomic E-state index is 5.54. The first kappa shape index (κ1) is 19.6. The van der Waals surface area contributed by atoms with E-state index in [1.165, 1.54) is 11.1 Å². The van der Waals surface area contributed by atoms with Gasteiger partial charge in [-0.25, -0.2) is 0 Å². The Morgan fingerprint density at radius 1 is 0.724 bits per heavy atom. The molecule has 29 heavy (non-hydrogen) atoms. The van der Waals surface area contributed by atoms with Gasteiger partial charge in [-0.3, -0.25) is 9.97 Å². The Labute approximate surface area is 172 Å². The summed E-state index contributed by atoms with van der Waals surface area (Å²) >= 11 is 0. The predicted octanol–water partition coefficient (Wildman–Crippen LogP) is 4.30. The Morgan fingerprint density at radius 3 is 1.69 bits per heavy atom. The molecule has 0 saturated heterocycles. The van der Waals surface area contributed by atoms with Crippen molar-refractivity contribution in [3.63, 3.8) is 0 Å². The van der Waals surface area contributed by atoms with E-state index in [0.29, 0.717) is 13.2 Å². The standard InChI is InChI=1S/C23H28N4O2/c1-16-10-12-18-6-3-8-20(22(18)24-16)26-28-14-5-15-29-27-21-9-4-7-19-13-11-17(2)25-23(19)21/h10-13H,3-9,14-15H2,1-2H3. The Bertz CT molecular complexity index is 861. The van der Waals surface area contributed by atoms with Crippen molar-refractivity contribution in [2.75, 3.05) is 13.2 Å². The molecule has 6 nitrogen and oxygen atoms in total. The number of aromatic nitrogens is 2. The van der Waals surface area contributed by atoms with E-state index in [1.54, 1.807) is 0 Å². The summed E-state index contributed by atoms with van der Waals surface area (Å²) in [6.07, 6.45) is 6.88. The molecule has 2 heterocycles. The second kappa shape index (κ2) is 9.16. The van der Waals surface area contributed by atoms with Gasteiger partial charge in [-0.2, -0.15) is 0 Å². The molecule has 6 heteroatoms. The SMILES string of the molecule is Cc1ccc2c(n1)C(=NOCCCON=C1CCCc3ccc(C)nc31)CCC2. The number of oxime groups is 2. The van der Waals surface area contributed by atoms with Gasteiger partial charge in [0.15, 0.2) is 0 Å². The van der Waals surface area contributed by atoms with Crippen LogP contribution in [0.15, 0.2) is 34.6 Å². The molecule has 0 saturated carbocycles. The quantitative estimate of drug-likeness (QED) is 0.543. The lowest BCUT2D eigenvalue weighted by Crippen LogP contribution is -2.16. The molecule has 0 N–H and O–H groups in total. The summed E-state index contributed by atoms with van der Waals surface area (Å²) in [6, 6.07) is 8.42. The fourth-order valence-electron chi connectivity index (χ4n) is 3.82. The molecular formula is C23H28N4O2. The summed E-state index contributed by atoms with van der Waals surface area (Å²) in [7, 11) is 0. The van der Waals surface area contributed by atoms with Crippen LogP contribution in [0.5, 0.6) is 0 Å². The lowest BCUT2D eigenvalue weighted by molar-refractivity contribution is 0.0894. The van der Waals surface area contributed by atoms with Crippen LogP contribution in [0.1, 0.15) is 66.0 Å². The van der Waals surface area contributed by atoms with Crippen LogP contribution in [0.3, 0.4) is 0 Å². The van der Waals surface area contributed by atoms with Crippen molar-refractivity contribution in [1.82, 2.24) is 9.97 Å². The number of rotatable bonds is 6. The van der Waals surface area contributed by atoms with Gasteiger partial charge < -0.3 is 9.68 Å². The molecule has 0 radical (unpaired) electrons. The highest BCUT2D eigenvalue weighted by molar-refractivity contribution is 6.01. The Morgan fingerprint density at radius 2 is 1.21 bits per heavy atom. The average molecular weight is 393 g/mol. The molecule has 0 aliphatic heterocycles. The van der Waals surface area contributed by atoms with Gasteiger partial charge in [0.1, 0.15) is 24.6 Å². The van der Waals surface area contributed by atoms with Gasteiger partial charge in [0.05, 0.1) is 11.4 Å². The van der Waals surface area contributed by atoms with Gasteiger partial charge in [0.25, 0.3) is 0 Å². The topological polar surface area (TPSA) is 69.0 Å². The smallest absolute Gasteiger partial charge is 0.120 e. The Balaban J connectivity index is 1.26. The lowest BCUT2D eigenvalue weighted by atomic mass is 9.94. The molecule has 0 unspecified atom stereocenters. The molecule has 0 atom stereocenters. The molecule has 2 aromatic heterocycles. The number of aryl methyl sites for hydroxylation is 4. The first-order valence-electron chi connectivity index (χ1n) is 10.5. The molecule has 2 aliphatic carbocycles. The second-order valence-electron chi connectivity index (χ2n) is 7.72. The first-order chi connectivity index (χ1) is 14.2. The molecule has 2 aliphatic rings. The molecule has 4 rings (SSSR count). The molecule has 2 aromatic rings. The third kappa shape index (κ3) is 4.81. The molecule has 0 spiro atoms. The molecular weight excluding hydrogens is 364 g/mol. The van der Waals surface area contributed by atoms with Crippen molar-refractivity contribution in [2.45, 2.75) is 58.8 Å². The van der Waals surface area contributed by atoms with Crippen LogP contribution in [0.2, 0.25) is 0 Å². The van der Waals surface area contributed by atoms with E-state index in [-0.39, 0.29) is 0 Å². The Kier molecular flexibility index (Phi) is 6.17. The number of fused-ring (bicyclic) bond motifs is 2. The van der Waals surface area contributed by atoms with Gasteiger partial charge in [-0.1, -0.05) is 22.4 Å². The first-order valence-corrected chi connectivity index (χ1v) is 10.5. The molecule has 0 bridgehead atoms. The largest absolute Gasteiger partial charge is 0.395 e. The normalized spacial score (nSPS) is 18.4. The fraction of sp³-hybridized carbons (Fsp3) is 0.478. The second-order valence-corrected chi connectivity index (χ2v) is 7.72. The van der Waals surface area contributed by atoms with E-state index < -0.39 is 0 Å². The zero-order valence-electron chi connectivity index (χ0n) is 17.3. The summed E-state index contributed by atoms with van der Waals surface area (Å²) in [5.41, 5.74) is 8.46. The lowest BCUT2D eigenvalue weighted by Gasteiger charge is -2.17. The number of pyridine rings is 2. The minimum Gasteiger partial charge on any atom is -0.395 e.